The Morgan fingerprint density at radius 2 is 1.65 bits per heavy atom. The molecule has 3 aliphatic rings. The number of carbonyl (C=O) groups is 2. The van der Waals surface area contributed by atoms with Crippen LogP contribution in [0.3, 0.4) is 0 Å². The van der Waals surface area contributed by atoms with Crippen LogP contribution in [0.5, 0.6) is 0 Å². The molecule has 0 aromatic heterocycles. The van der Waals surface area contributed by atoms with Gasteiger partial charge in [-0.05, 0) is 60.8 Å². The highest BCUT2D eigenvalue weighted by Crippen LogP contribution is 2.57. The van der Waals surface area contributed by atoms with Crippen molar-refractivity contribution < 1.29 is 19.1 Å². The summed E-state index contributed by atoms with van der Waals surface area (Å²) in [5.41, 5.74) is 4.62. The zero-order chi connectivity index (χ0) is 36.9. The Kier molecular flexibility index (Phi) is 8.31. The van der Waals surface area contributed by atoms with Gasteiger partial charge in [0.05, 0.1) is 26.7 Å². The minimum Gasteiger partial charge on any atom is -0.478 e. The van der Waals surface area contributed by atoms with Crippen LogP contribution < -0.4 is 10.3 Å². The Morgan fingerprint density at radius 1 is 1.04 bits per heavy atom. The minimum atomic E-state index is -1.26. The quantitative estimate of drug-likeness (QED) is 0.105. The van der Waals surface area contributed by atoms with E-state index in [0.717, 1.165) is 56.6 Å². The van der Waals surface area contributed by atoms with Crippen molar-refractivity contribution in [1.29, 1.82) is 5.41 Å². The largest absolute Gasteiger partial charge is 0.478 e. The fourth-order valence-electron chi connectivity index (χ4n) is 8.79. The number of rotatable bonds is 5. The van der Waals surface area contributed by atoms with Gasteiger partial charge in [0.25, 0.3) is 0 Å². The topological polar surface area (TPSA) is 94.6 Å². The van der Waals surface area contributed by atoms with Gasteiger partial charge in [-0.2, -0.15) is 0 Å². The molecule has 8 heteroatoms. The monoisotopic (exact) mass is 720 g/mol. The number of hydrogen-bond donors (Lipinski definition) is 2. The van der Waals surface area contributed by atoms with Gasteiger partial charge in [-0.1, -0.05) is 106 Å². The fraction of sp³-hybridized carbons (Fsp3) is 0.326. The number of halogens is 2. The standard InChI is InChI=1S/C43H42Cl2N2O4/c1-21(18-42(3,4)5)30-37(46)25-15-11-9-13-23(25)33-35(32-28(20-48)29(44)17-27(36(32)45)41(49)50)34-24-14-10-12-16-26(24)38-31(40(34)51-39(30)33)22(2)19-43(6,7)47(38)8/h9-17,20-22,46H,18-19H2,1-8H3,(H,49,50). The minimum absolute atomic E-state index is 0.0104. The third kappa shape index (κ3) is 5.33. The normalized spacial score (nSPS) is 16.6. The summed E-state index contributed by atoms with van der Waals surface area (Å²) in [7, 11) is 2.12. The second-order valence-electron chi connectivity index (χ2n) is 16.1. The first-order valence-corrected chi connectivity index (χ1v) is 18.1. The summed E-state index contributed by atoms with van der Waals surface area (Å²) >= 11 is 14.0. The molecular formula is C43H42Cl2N2O4. The van der Waals surface area contributed by atoms with Gasteiger partial charge in [0.1, 0.15) is 11.3 Å². The molecule has 1 aliphatic carbocycles. The molecule has 51 heavy (non-hydrogen) atoms. The first-order valence-electron chi connectivity index (χ1n) is 17.4. The molecule has 262 valence electrons. The van der Waals surface area contributed by atoms with Crippen molar-refractivity contribution in [3.63, 3.8) is 0 Å². The van der Waals surface area contributed by atoms with Crippen LogP contribution in [0.15, 0.2) is 59.0 Å². The molecule has 4 aromatic rings. The summed E-state index contributed by atoms with van der Waals surface area (Å²) in [5.74, 6) is -0.759. The van der Waals surface area contributed by atoms with Gasteiger partial charge in [-0.3, -0.25) is 10.2 Å². The lowest BCUT2D eigenvalue weighted by atomic mass is 9.75. The summed E-state index contributed by atoms with van der Waals surface area (Å²) < 4.78 is 7.35. The number of anilines is 1. The summed E-state index contributed by atoms with van der Waals surface area (Å²) in [6.45, 7) is 15.4. The number of carbonyl (C=O) groups excluding carboxylic acids is 1. The van der Waals surface area contributed by atoms with Crippen molar-refractivity contribution in [1.82, 2.24) is 0 Å². The summed E-state index contributed by atoms with van der Waals surface area (Å²) in [4.78, 5) is 28.1. The molecular weight excluding hydrogens is 679 g/mol. The van der Waals surface area contributed by atoms with Crippen molar-refractivity contribution in [3.05, 3.63) is 92.3 Å². The van der Waals surface area contributed by atoms with Gasteiger partial charge < -0.3 is 14.4 Å². The molecule has 0 saturated carbocycles. The van der Waals surface area contributed by atoms with Crippen LogP contribution in [0.2, 0.25) is 10.0 Å². The van der Waals surface area contributed by atoms with Gasteiger partial charge in [-0.15, -0.1) is 0 Å². The smallest absolute Gasteiger partial charge is 0.337 e. The molecule has 0 amide bonds. The Labute approximate surface area is 307 Å². The van der Waals surface area contributed by atoms with Crippen LogP contribution in [0, 0.1) is 10.8 Å². The number of carboxylic acid groups (broad SMARTS) is 1. The van der Waals surface area contributed by atoms with Crippen LogP contribution in [-0.2, 0) is 0 Å². The number of hydrogen-bond acceptors (Lipinski definition) is 5. The first kappa shape index (κ1) is 35.0. The molecule has 0 fully saturated rings. The SMILES string of the molecule is CC(CC(C)(C)C)c1c2oc3c4c(c5ccccc5c3c(-c3c(Cl)c(C(=O)O)cc(Cl)c3C=O)c-2c2ccccc2c1=N)N(C)C(C)(C)CC4C. The highest BCUT2D eigenvalue weighted by molar-refractivity contribution is 6.41. The number of nitrogens with zero attached hydrogens (tertiary/aromatic N) is 1. The zero-order valence-corrected chi connectivity index (χ0v) is 31.7. The Morgan fingerprint density at radius 3 is 2.25 bits per heavy atom. The molecule has 2 heterocycles. The van der Waals surface area contributed by atoms with Crippen LogP contribution >= 0.6 is 23.2 Å². The molecule has 0 bridgehead atoms. The van der Waals surface area contributed by atoms with Crippen LogP contribution in [0.25, 0.3) is 55.0 Å². The summed E-state index contributed by atoms with van der Waals surface area (Å²) in [5, 5.41) is 24.4. The van der Waals surface area contributed by atoms with Crippen molar-refractivity contribution in [3.8, 4) is 22.5 Å². The zero-order valence-electron chi connectivity index (χ0n) is 30.2. The molecule has 2 N–H and O–H groups in total. The van der Waals surface area contributed by atoms with E-state index >= 15 is 0 Å². The highest BCUT2D eigenvalue weighted by atomic mass is 35.5. The van der Waals surface area contributed by atoms with E-state index in [1.807, 2.05) is 42.5 Å². The lowest BCUT2D eigenvalue weighted by Gasteiger charge is -2.46. The number of benzene rings is 5. The van der Waals surface area contributed by atoms with E-state index in [4.69, 9.17) is 27.6 Å². The number of aldehydes is 1. The van der Waals surface area contributed by atoms with Gasteiger partial charge in [0.2, 0.25) is 0 Å². The van der Waals surface area contributed by atoms with Crippen molar-refractivity contribution in [2.45, 2.75) is 78.7 Å². The molecule has 2 aliphatic heterocycles. The molecule has 0 spiro atoms. The average Bonchev–Trinajstić information content (AvgIpc) is 3.05. The second-order valence-corrected chi connectivity index (χ2v) is 16.9. The van der Waals surface area contributed by atoms with Gasteiger partial charge in [0, 0.05) is 62.1 Å². The molecule has 2 unspecified atom stereocenters. The van der Waals surface area contributed by atoms with Crippen molar-refractivity contribution >= 4 is 73.7 Å². The molecule has 7 rings (SSSR count). The first-order chi connectivity index (χ1) is 24.0. The van der Waals surface area contributed by atoms with E-state index in [0.29, 0.717) is 34.1 Å². The Hall–Kier alpha value is -4.39. The lowest BCUT2D eigenvalue weighted by molar-refractivity contribution is 0.0696. The van der Waals surface area contributed by atoms with E-state index in [9.17, 15) is 20.1 Å². The molecule has 0 radical (unpaired) electrons. The van der Waals surface area contributed by atoms with Crippen molar-refractivity contribution in [2.75, 3.05) is 11.9 Å². The van der Waals surface area contributed by atoms with E-state index in [1.165, 1.54) is 6.07 Å². The third-order valence-electron chi connectivity index (χ3n) is 10.9. The fourth-order valence-corrected chi connectivity index (χ4v) is 9.37. The predicted octanol–water partition coefficient (Wildman–Crippen LogP) is 12.1. The maximum atomic E-state index is 13.1. The number of aromatic carboxylic acids is 1. The van der Waals surface area contributed by atoms with E-state index < -0.39 is 5.97 Å². The lowest BCUT2D eigenvalue weighted by Crippen LogP contribution is -2.45. The second kappa shape index (κ2) is 12.1. The van der Waals surface area contributed by atoms with Gasteiger partial charge in [0.15, 0.2) is 6.29 Å². The molecule has 0 saturated heterocycles. The van der Waals surface area contributed by atoms with Gasteiger partial charge in [-0.25, -0.2) is 4.79 Å². The number of nitrogens with one attached hydrogen (secondary N) is 1. The van der Waals surface area contributed by atoms with Gasteiger partial charge >= 0.3 is 5.97 Å². The van der Waals surface area contributed by atoms with Crippen LogP contribution in [-0.4, -0.2) is 29.9 Å². The number of carboxylic acids is 1. The highest BCUT2D eigenvalue weighted by Gasteiger charge is 2.40. The predicted molar refractivity (Wildman–Crippen MR) is 210 cm³/mol. The summed E-state index contributed by atoms with van der Waals surface area (Å²) in [6, 6.07) is 17.1. The molecule has 6 nitrogen and oxygen atoms in total. The van der Waals surface area contributed by atoms with Crippen LogP contribution in [0.4, 0.5) is 5.69 Å². The van der Waals surface area contributed by atoms with Crippen LogP contribution in [0.1, 0.15) is 105 Å². The van der Waals surface area contributed by atoms with E-state index in [-0.39, 0.29) is 49.5 Å². The number of fused-ring (bicyclic) bond motifs is 9. The third-order valence-corrected chi connectivity index (χ3v) is 11.6. The van der Waals surface area contributed by atoms with Crippen molar-refractivity contribution in [2.24, 2.45) is 5.41 Å². The average molecular weight is 722 g/mol. The molecule has 4 aromatic carbocycles. The van der Waals surface area contributed by atoms with E-state index in [2.05, 4.69) is 66.5 Å². The Bertz CT molecular complexity index is 2490. The maximum Gasteiger partial charge on any atom is 0.337 e. The summed E-state index contributed by atoms with van der Waals surface area (Å²) in [6.07, 6.45) is 2.28. The van der Waals surface area contributed by atoms with E-state index in [1.54, 1.807) is 0 Å². The Balaban J connectivity index is 1.88. The maximum absolute atomic E-state index is 13.1. The molecule has 2 atom stereocenters.